The van der Waals surface area contributed by atoms with Crippen molar-refractivity contribution in [2.45, 2.75) is 33.1 Å². The van der Waals surface area contributed by atoms with Gasteiger partial charge in [0.15, 0.2) is 0 Å². The fourth-order valence-electron chi connectivity index (χ4n) is 3.07. The van der Waals surface area contributed by atoms with E-state index in [4.69, 9.17) is 4.74 Å². The van der Waals surface area contributed by atoms with Crippen molar-refractivity contribution in [3.8, 4) is 5.75 Å². The Hall–Kier alpha value is -2.82. The first kappa shape index (κ1) is 18.0. The van der Waals surface area contributed by atoms with Crippen LogP contribution in [-0.4, -0.2) is 18.9 Å². The van der Waals surface area contributed by atoms with Crippen LogP contribution in [0.3, 0.4) is 0 Å². The van der Waals surface area contributed by atoms with Crippen molar-refractivity contribution in [2.24, 2.45) is 5.41 Å². The molecule has 0 aliphatic heterocycles. The van der Waals surface area contributed by atoms with E-state index in [0.717, 1.165) is 23.2 Å². The topological polar surface area (TPSA) is 67.4 Å². The summed E-state index contributed by atoms with van der Waals surface area (Å²) in [5.41, 5.74) is 2.53. The first-order valence-electron chi connectivity index (χ1n) is 8.85. The van der Waals surface area contributed by atoms with Gasteiger partial charge in [0.25, 0.3) is 0 Å². The first-order valence-corrected chi connectivity index (χ1v) is 8.85. The molecule has 1 fully saturated rings. The van der Waals surface area contributed by atoms with E-state index in [0.29, 0.717) is 24.3 Å². The molecule has 3 rings (SSSR count). The maximum Gasteiger partial charge on any atom is 0.240 e. The minimum atomic E-state index is -0.990. The van der Waals surface area contributed by atoms with Crippen LogP contribution in [0.15, 0.2) is 42.5 Å². The number of carbonyl (C=O) groups is 2. The van der Waals surface area contributed by atoms with E-state index >= 15 is 0 Å². The maximum absolute atomic E-state index is 12.9. The van der Waals surface area contributed by atoms with Crippen molar-refractivity contribution in [2.75, 3.05) is 17.7 Å². The average molecular weight is 352 g/mol. The number of benzene rings is 2. The van der Waals surface area contributed by atoms with Crippen molar-refractivity contribution in [1.29, 1.82) is 0 Å². The van der Waals surface area contributed by atoms with Crippen molar-refractivity contribution >= 4 is 23.2 Å². The fourth-order valence-corrected chi connectivity index (χ4v) is 3.07. The lowest BCUT2D eigenvalue weighted by Gasteiger charge is -2.18. The van der Waals surface area contributed by atoms with Gasteiger partial charge in [-0.15, -0.1) is 0 Å². The van der Waals surface area contributed by atoms with Gasteiger partial charge >= 0.3 is 0 Å². The predicted octanol–water partition coefficient (Wildman–Crippen LogP) is 3.92. The van der Waals surface area contributed by atoms with Crippen LogP contribution in [-0.2, 0) is 16.0 Å². The van der Waals surface area contributed by atoms with E-state index in [1.807, 2.05) is 32.0 Å². The van der Waals surface area contributed by atoms with Crippen molar-refractivity contribution in [1.82, 2.24) is 0 Å². The minimum absolute atomic E-state index is 0.234. The molecule has 2 N–H and O–H groups in total. The van der Waals surface area contributed by atoms with Crippen molar-refractivity contribution < 1.29 is 14.3 Å². The Morgan fingerprint density at radius 3 is 2.42 bits per heavy atom. The Kier molecular flexibility index (Phi) is 4.98. The second kappa shape index (κ2) is 7.20. The smallest absolute Gasteiger partial charge is 0.240 e. The molecule has 0 spiro atoms. The number of ether oxygens (including phenoxy) is 1. The third kappa shape index (κ3) is 3.43. The van der Waals surface area contributed by atoms with Crippen molar-refractivity contribution in [3.63, 3.8) is 0 Å². The number of hydrogen-bond donors (Lipinski definition) is 2. The number of rotatable bonds is 6. The summed E-state index contributed by atoms with van der Waals surface area (Å²) in [6, 6.07) is 13.1. The SMILES string of the molecule is CCc1cccc(C)c1NC(=O)C1(C(=O)Nc2cccc(OC)c2)CC1. The van der Waals surface area contributed by atoms with Crippen LogP contribution in [0.2, 0.25) is 0 Å². The molecule has 0 atom stereocenters. The minimum Gasteiger partial charge on any atom is -0.497 e. The maximum atomic E-state index is 12.9. The molecule has 5 heteroatoms. The summed E-state index contributed by atoms with van der Waals surface area (Å²) in [7, 11) is 1.57. The summed E-state index contributed by atoms with van der Waals surface area (Å²) in [6.45, 7) is 4.01. The lowest BCUT2D eigenvalue weighted by atomic mass is 10.0. The highest BCUT2D eigenvalue weighted by Gasteiger charge is 2.56. The van der Waals surface area contributed by atoms with Gasteiger partial charge in [0.05, 0.1) is 7.11 Å². The normalized spacial score (nSPS) is 14.4. The number of anilines is 2. The number of methoxy groups -OCH3 is 1. The number of aryl methyl sites for hydroxylation is 2. The third-order valence-electron chi connectivity index (χ3n) is 4.93. The van der Waals surface area contributed by atoms with E-state index in [1.54, 1.807) is 31.4 Å². The van der Waals surface area contributed by atoms with Gasteiger partial charge in [0, 0.05) is 17.4 Å². The summed E-state index contributed by atoms with van der Waals surface area (Å²) < 4.78 is 5.17. The summed E-state index contributed by atoms with van der Waals surface area (Å²) in [5, 5.41) is 5.85. The lowest BCUT2D eigenvalue weighted by Crippen LogP contribution is -2.36. The van der Waals surface area contributed by atoms with Crippen LogP contribution in [0.5, 0.6) is 5.75 Å². The second-order valence-corrected chi connectivity index (χ2v) is 6.68. The third-order valence-corrected chi connectivity index (χ3v) is 4.93. The second-order valence-electron chi connectivity index (χ2n) is 6.68. The molecule has 0 saturated heterocycles. The van der Waals surface area contributed by atoms with Crippen LogP contribution in [0.25, 0.3) is 0 Å². The molecule has 0 unspecified atom stereocenters. The fraction of sp³-hybridized carbons (Fsp3) is 0.333. The Morgan fingerprint density at radius 1 is 1.08 bits per heavy atom. The molecule has 1 aliphatic carbocycles. The Balaban J connectivity index is 1.76. The summed E-state index contributed by atoms with van der Waals surface area (Å²) >= 11 is 0. The van der Waals surface area contributed by atoms with Crippen LogP contribution < -0.4 is 15.4 Å². The molecule has 2 aromatic rings. The largest absolute Gasteiger partial charge is 0.497 e. The first-order chi connectivity index (χ1) is 12.5. The number of nitrogens with one attached hydrogen (secondary N) is 2. The van der Waals surface area contributed by atoms with E-state index in [2.05, 4.69) is 10.6 Å². The molecule has 26 heavy (non-hydrogen) atoms. The quantitative estimate of drug-likeness (QED) is 0.774. The van der Waals surface area contributed by atoms with E-state index in [-0.39, 0.29) is 11.8 Å². The van der Waals surface area contributed by atoms with Crippen LogP contribution in [0, 0.1) is 12.3 Å². The van der Waals surface area contributed by atoms with E-state index < -0.39 is 5.41 Å². The number of carbonyl (C=O) groups excluding carboxylic acids is 2. The molecule has 0 bridgehead atoms. The molecule has 0 radical (unpaired) electrons. The summed E-state index contributed by atoms with van der Waals surface area (Å²) in [6.07, 6.45) is 1.93. The van der Waals surface area contributed by atoms with Crippen LogP contribution in [0.1, 0.15) is 30.9 Å². The van der Waals surface area contributed by atoms with Gasteiger partial charge in [-0.25, -0.2) is 0 Å². The number of para-hydroxylation sites is 1. The zero-order chi connectivity index (χ0) is 18.7. The Morgan fingerprint density at radius 2 is 1.77 bits per heavy atom. The zero-order valence-corrected chi connectivity index (χ0v) is 15.4. The number of amides is 2. The van der Waals surface area contributed by atoms with Crippen molar-refractivity contribution in [3.05, 3.63) is 53.6 Å². The summed E-state index contributed by atoms with van der Waals surface area (Å²) in [5.74, 6) is 0.154. The van der Waals surface area contributed by atoms with Gasteiger partial charge < -0.3 is 15.4 Å². The number of hydrogen-bond acceptors (Lipinski definition) is 3. The van der Waals surface area contributed by atoms with Gasteiger partial charge in [-0.1, -0.05) is 31.2 Å². The van der Waals surface area contributed by atoms with Gasteiger partial charge in [-0.2, -0.15) is 0 Å². The van der Waals surface area contributed by atoms with Crippen LogP contribution >= 0.6 is 0 Å². The standard InChI is InChI=1S/C21H24N2O3/c1-4-15-8-5-7-14(2)18(15)23-20(25)21(11-12-21)19(24)22-16-9-6-10-17(13-16)26-3/h5-10,13H,4,11-12H2,1-3H3,(H,22,24)(H,23,25). The molecule has 0 aromatic heterocycles. The molecule has 0 heterocycles. The predicted molar refractivity (Wildman–Crippen MR) is 102 cm³/mol. The highest BCUT2D eigenvalue weighted by Crippen LogP contribution is 2.48. The average Bonchev–Trinajstić information content (AvgIpc) is 3.45. The van der Waals surface area contributed by atoms with Gasteiger partial charge in [0.1, 0.15) is 11.2 Å². The Bertz CT molecular complexity index is 841. The molecule has 1 saturated carbocycles. The molecular formula is C21H24N2O3. The Labute approximate surface area is 153 Å². The van der Waals surface area contributed by atoms with Crippen LogP contribution in [0.4, 0.5) is 11.4 Å². The molecule has 5 nitrogen and oxygen atoms in total. The lowest BCUT2D eigenvalue weighted by molar-refractivity contribution is -0.131. The van der Waals surface area contributed by atoms with Gasteiger partial charge in [-0.3, -0.25) is 9.59 Å². The monoisotopic (exact) mass is 352 g/mol. The van der Waals surface area contributed by atoms with E-state index in [9.17, 15) is 9.59 Å². The van der Waals surface area contributed by atoms with Gasteiger partial charge in [0.2, 0.25) is 11.8 Å². The molecular weight excluding hydrogens is 328 g/mol. The molecule has 136 valence electrons. The molecule has 1 aliphatic rings. The highest BCUT2D eigenvalue weighted by atomic mass is 16.5. The van der Waals surface area contributed by atoms with E-state index in [1.165, 1.54) is 0 Å². The zero-order valence-electron chi connectivity index (χ0n) is 15.4. The summed E-state index contributed by atoms with van der Waals surface area (Å²) in [4.78, 5) is 25.6. The highest BCUT2D eigenvalue weighted by molar-refractivity contribution is 6.17. The molecule has 2 aromatic carbocycles. The van der Waals surface area contributed by atoms with Gasteiger partial charge in [-0.05, 0) is 49.4 Å². The molecule has 2 amide bonds.